The third kappa shape index (κ3) is 1.78. The quantitative estimate of drug-likeness (QED) is 0.738. The van der Waals surface area contributed by atoms with Crippen LogP contribution in [-0.4, -0.2) is 18.5 Å². The van der Waals surface area contributed by atoms with Gasteiger partial charge >= 0.3 is 0 Å². The maximum absolute atomic E-state index is 11.1. The number of carbonyl (C=O) groups is 1. The van der Waals surface area contributed by atoms with Gasteiger partial charge in [-0.2, -0.15) is 0 Å². The van der Waals surface area contributed by atoms with Crippen LogP contribution in [0.5, 0.6) is 0 Å². The molecule has 1 heterocycles. The van der Waals surface area contributed by atoms with Gasteiger partial charge in [0.05, 0.1) is 0 Å². The van der Waals surface area contributed by atoms with Crippen molar-refractivity contribution in [2.75, 3.05) is 11.4 Å². The number of benzene rings is 1. The van der Waals surface area contributed by atoms with Crippen LogP contribution in [0, 0.1) is 0 Å². The number of nitrogens with one attached hydrogen (secondary N) is 1. The van der Waals surface area contributed by atoms with E-state index in [0.717, 1.165) is 18.5 Å². The smallest absolute Gasteiger partial charge is 0.160 e. The molecule has 1 unspecified atom stereocenters. The summed E-state index contributed by atoms with van der Waals surface area (Å²) in [7, 11) is 0. The van der Waals surface area contributed by atoms with Crippen LogP contribution in [-0.2, 0) is 4.79 Å². The molecule has 3 heteroatoms. The Bertz CT molecular complexity index is 374. The number of aldehydes is 1. The molecule has 2 rings (SSSR count). The van der Waals surface area contributed by atoms with E-state index in [-0.39, 0.29) is 0 Å². The zero-order valence-electron chi connectivity index (χ0n) is 8.68. The van der Waals surface area contributed by atoms with Crippen LogP contribution in [0.1, 0.15) is 6.92 Å². The van der Waals surface area contributed by atoms with Gasteiger partial charge in [-0.3, -0.25) is 10.1 Å². The number of hydrogen-bond acceptors (Lipinski definition) is 3. The molecule has 0 saturated heterocycles. The maximum Gasteiger partial charge on any atom is 0.160 e. The third-order valence-corrected chi connectivity index (χ3v) is 2.60. The first kappa shape index (κ1) is 9.93. The van der Waals surface area contributed by atoms with Crippen LogP contribution < -0.4 is 10.2 Å². The fourth-order valence-electron chi connectivity index (χ4n) is 1.70. The number of carbonyl (C=O) groups excluding carboxylic acids is 1. The highest BCUT2D eigenvalue weighted by Gasteiger charge is 2.31. The van der Waals surface area contributed by atoms with Crippen LogP contribution in [0.4, 0.5) is 5.69 Å². The first-order chi connectivity index (χ1) is 7.26. The van der Waals surface area contributed by atoms with E-state index in [1.54, 1.807) is 0 Å². The molecule has 0 spiro atoms. The molecule has 15 heavy (non-hydrogen) atoms. The van der Waals surface area contributed by atoms with Gasteiger partial charge in [-0.15, -0.1) is 0 Å². The van der Waals surface area contributed by atoms with Crippen molar-refractivity contribution in [3.8, 4) is 0 Å². The van der Waals surface area contributed by atoms with Gasteiger partial charge in [-0.25, -0.2) is 0 Å². The Kier molecular flexibility index (Phi) is 2.56. The lowest BCUT2D eigenvalue weighted by atomic mass is 10.1. The Morgan fingerprint density at radius 1 is 1.40 bits per heavy atom. The summed E-state index contributed by atoms with van der Waals surface area (Å²) in [5.41, 5.74) is 0.367. The van der Waals surface area contributed by atoms with Crippen molar-refractivity contribution in [2.45, 2.75) is 12.6 Å². The van der Waals surface area contributed by atoms with Gasteiger partial charge in [0.15, 0.2) is 6.29 Å². The molecule has 1 aliphatic heterocycles. The minimum atomic E-state index is -0.643. The number of anilines is 1. The molecular weight excluding hydrogens is 188 g/mol. The Morgan fingerprint density at radius 2 is 2.13 bits per heavy atom. The summed E-state index contributed by atoms with van der Waals surface area (Å²) in [5, 5.41) is 3.16. The second kappa shape index (κ2) is 3.87. The molecule has 0 aliphatic carbocycles. The van der Waals surface area contributed by atoms with Gasteiger partial charge in [0.2, 0.25) is 0 Å². The lowest BCUT2D eigenvalue weighted by molar-refractivity contribution is -0.112. The lowest BCUT2D eigenvalue weighted by Gasteiger charge is -2.39. The molecule has 1 aliphatic rings. The maximum atomic E-state index is 11.1. The molecular formula is C12H14N2O. The second-order valence-electron chi connectivity index (χ2n) is 3.74. The largest absolute Gasteiger partial charge is 0.323 e. The third-order valence-electron chi connectivity index (χ3n) is 2.60. The van der Waals surface area contributed by atoms with Crippen molar-refractivity contribution in [2.24, 2.45) is 0 Å². The molecule has 3 nitrogen and oxygen atoms in total. The van der Waals surface area contributed by atoms with E-state index < -0.39 is 5.66 Å². The number of hydrogen-bond donors (Lipinski definition) is 1. The van der Waals surface area contributed by atoms with Crippen LogP contribution in [0.3, 0.4) is 0 Å². The van der Waals surface area contributed by atoms with Crippen molar-refractivity contribution < 1.29 is 4.79 Å². The van der Waals surface area contributed by atoms with Crippen LogP contribution in [0.15, 0.2) is 42.6 Å². The number of rotatable bonds is 2. The predicted octanol–water partition coefficient (Wildman–Crippen LogP) is 1.53. The highest BCUT2D eigenvalue weighted by atomic mass is 16.1. The fraction of sp³-hybridized carbons (Fsp3) is 0.250. The van der Waals surface area contributed by atoms with Crippen molar-refractivity contribution in [3.63, 3.8) is 0 Å². The summed E-state index contributed by atoms with van der Waals surface area (Å²) in [4.78, 5) is 13.1. The molecule has 0 radical (unpaired) electrons. The highest BCUT2D eigenvalue weighted by molar-refractivity contribution is 5.73. The molecule has 0 bridgehead atoms. The topological polar surface area (TPSA) is 32.3 Å². The first-order valence-electron chi connectivity index (χ1n) is 4.99. The van der Waals surface area contributed by atoms with Gasteiger partial charge in [-0.05, 0) is 19.1 Å². The Balaban J connectivity index is 2.38. The SMILES string of the molecule is CC1(C=O)NCC=CN1c1ccccc1. The van der Waals surface area contributed by atoms with E-state index in [4.69, 9.17) is 0 Å². The molecule has 1 aromatic rings. The summed E-state index contributed by atoms with van der Waals surface area (Å²) in [6.45, 7) is 2.59. The van der Waals surface area contributed by atoms with Crippen molar-refractivity contribution in [3.05, 3.63) is 42.6 Å². The summed E-state index contributed by atoms with van der Waals surface area (Å²) in [5.74, 6) is 0. The highest BCUT2D eigenvalue weighted by Crippen LogP contribution is 2.23. The molecule has 0 amide bonds. The predicted molar refractivity (Wildman–Crippen MR) is 60.5 cm³/mol. The Morgan fingerprint density at radius 3 is 2.80 bits per heavy atom. The van der Waals surface area contributed by atoms with Crippen LogP contribution >= 0.6 is 0 Å². The van der Waals surface area contributed by atoms with E-state index in [1.807, 2.05) is 54.4 Å². The van der Waals surface area contributed by atoms with Crippen molar-refractivity contribution >= 4 is 12.0 Å². The molecule has 0 aromatic heterocycles. The van der Waals surface area contributed by atoms with Crippen LogP contribution in [0.25, 0.3) is 0 Å². The molecule has 1 aromatic carbocycles. The minimum absolute atomic E-state index is 0.643. The zero-order chi connectivity index (χ0) is 10.7. The number of nitrogens with zero attached hydrogens (tertiary/aromatic N) is 1. The first-order valence-corrected chi connectivity index (χ1v) is 4.99. The van der Waals surface area contributed by atoms with E-state index in [9.17, 15) is 4.79 Å². The summed E-state index contributed by atoms with van der Waals surface area (Å²) in [6.07, 6.45) is 4.88. The molecule has 1 atom stereocenters. The zero-order valence-corrected chi connectivity index (χ0v) is 8.68. The monoisotopic (exact) mass is 202 g/mol. The standard InChI is InChI=1S/C12H14N2O/c1-12(10-15)13-8-5-9-14(12)11-6-3-2-4-7-11/h2-7,9-10,13H,8H2,1H3. The normalized spacial score (nSPS) is 25.3. The molecule has 0 fully saturated rings. The van der Waals surface area contributed by atoms with Gasteiger partial charge in [0.25, 0.3) is 0 Å². The molecule has 0 saturated carbocycles. The van der Waals surface area contributed by atoms with E-state index >= 15 is 0 Å². The summed E-state index contributed by atoms with van der Waals surface area (Å²) in [6, 6.07) is 9.85. The number of para-hydroxylation sites is 1. The Hall–Kier alpha value is -1.61. The van der Waals surface area contributed by atoms with E-state index in [0.29, 0.717) is 0 Å². The summed E-state index contributed by atoms with van der Waals surface area (Å²) < 4.78 is 0. The fourth-order valence-corrected chi connectivity index (χ4v) is 1.70. The van der Waals surface area contributed by atoms with Crippen molar-refractivity contribution in [1.82, 2.24) is 5.32 Å². The van der Waals surface area contributed by atoms with Gasteiger partial charge in [-0.1, -0.05) is 24.3 Å². The van der Waals surface area contributed by atoms with Gasteiger partial charge < -0.3 is 4.90 Å². The molecule has 78 valence electrons. The second-order valence-corrected chi connectivity index (χ2v) is 3.74. The van der Waals surface area contributed by atoms with E-state index in [1.165, 1.54) is 0 Å². The van der Waals surface area contributed by atoms with E-state index in [2.05, 4.69) is 5.32 Å². The van der Waals surface area contributed by atoms with Gasteiger partial charge in [0.1, 0.15) is 5.66 Å². The average Bonchev–Trinajstić information content (AvgIpc) is 2.31. The lowest BCUT2D eigenvalue weighted by Crippen LogP contribution is -2.58. The van der Waals surface area contributed by atoms with Gasteiger partial charge in [0, 0.05) is 18.4 Å². The Labute approximate surface area is 89.4 Å². The minimum Gasteiger partial charge on any atom is -0.323 e. The van der Waals surface area contributed by atoms with Crippen molar-refractivity contribution in [1.29, 1.82) is 0 Å². The summed E-state index contributed by atoms with van der Waals surface area (Å²) >= 11 is 0. The average molecular weight is 202 g/mol. The molecule has 1 N–H and O–H groups in total. The van der Waals surface area contributed by atoms with Crippen LogP contribution in [0.2, 0.25) is 0 Å².